The molecule has 1 heterocycles. The standard InChI is InChI=1S/C18H26F2N2O2/c1-13(14-8-6-5-7-9-14)21-15-10-11-22(12-18(15,19)20)16(23)24-17(2,3)4/h5-9,13,15,21H,10-12H2,1-4H3/t13-,15-/m1/s1. The van der Waals surface area contributed by atoms with Crippen molar-refractivity contribution < 1.29 is 18.3 Å². The monoisotopic (exact) mass is 340 g/mol. The van der Waals surface area contributed by atoms with E-state index in [4.69, 9.17) is 4.74 Å². The molecule has 1 saturated heterocycles. The van der Waals surface area contributed by atoms with E-state index in [1.54, 1.807) is 20.8 Å². The molecule has 1 aliphatic heterocycles. The number of ether oxygens (including phenoxy) is 1. The van der Waals surface area contributed by atoms with Crippen LogP contribution in [0.5, 0.6) is 0 Å². The maximum atomic E-state index is 14.5. The normalized spacial score (nSPS) is 22.1. The van der Waals surface area contributed by atoms with E-state index in [-0.39, 0.29) is 19.0 Å². The van der Waals surface area contributed by atoms with Crippen LogP contribution in [0.4, 0.5) is 13.6 Å². The lowest BCUT2D eigenvalue weighted by Gasteiger charge is -2.40. The fraction of sp³-hybridized carbons (Fsp3) is 0.611. The molecule has 1 aliphatic rings. The van der Waals surface area contributed by atoms with Crippen molar-refractivity contribution in [2.45, 2.75) is 57.7 Å². The number of amides is 1. The molecule has 24 heavy (non-hydrogen) atoms. The Labute approximate surface area is 142 Å². The maximum absolute atomic E-state index is 14.5. The molecule has 0 saturated carbocycles. The fourth-order valence-electron chi connectivity index (χ4n) is 2.77. The van der Waals surface area contributed by atoms with Crippen molar-refractivity contribution in [2.24, 2.45) is 0 Å². The van der Waals surface area contributed by atoms with Gasteiger partial charge in [-0.1, -0.05) is 30.3 Å². The van der Waals surface area contributed by atoms with E-state index in [1.807, 2.05) is 37.3 Å². The first-order chi connectivity index (χ1) is 11.1. The number of rotatable bonds is 3. The number of halogens is 2. The van der Waals surface area contributed by atoms with Gasteiger partial charge < -0.3 is 15.0 Å². The van der Waals surface area contributed by atoms with Gasteiger partial charge in [0.15, 0.2) is 0 Å². The molecule has 1 fully saturated rings. The molecule has 2 atom stereocenters. The van der Waals surface area contributed by atoms with Crippen molar-refractivity contribution in [3.63, 3.8) is 0 Å². The van der Waals surface area contributed by atoms with E-state index in [9.17, 15) is 13.6 Å². The summed E-state index contributed by atoms with van der Waals surface area (Å²) in [5.74, 6) is -3.00. The lowest BCUT2D eigenvalue weighted by Crippen LogP contribution is -2.59. The lowest BCUT2D eigenvalue weighted by atomic mass is 9.98. The molecule has 1 aromatic rings. The summed E-state index contributed by atoms with van der Waals surface area (Å²) in [5, 5.41) is 3.00. The molecule has 1 aromatic carbocycles. The van der Waals surface area contributed by atoms with Crippen LogP contribution in [0.2, 0.25) is 0 Å². The summed E-state index contributed by atoms with van der Waals surface area (Å²) < 4.78 is 34.1. The molecule has 1 amide bonds. The molecule has 0 spiro atoms. The van der Waals surface area contributed by atoms with Crippen molar-refractivity contribution in [3.8, 4) is 0 Å². The Morgan fingerprint density at radius 2 is 1.96 bits per heavy atom. The van der Waals surface area contributed by atoms with E-state index in [2.05, 4.69) is 5.32 Å². The van der Waals surface area contributed by atoms with Crippen LogP contribution in [-0.2, 0) is 4.74 Å². The van der Waals surface area contributed by atoms with Crippen molar-refractivity contribution in [3.05, 3.63) is 35.9 Å². The number of hydrogen-bond acceptors (Lipinski definition) is 3. The van der Waals surface area contributed by atoms with Gasteiger partial charge >= 0.3 is 6.09 Å². The summed E-state index contributed by atoms with van der Waals surface area (Å²) >= 11 is 0. The third-order valence-electron chi connectivity index (χ3n) is 4.00. The van der Waals surface area contributed by atoms with Gasteiger partial charge in [0.25, 0.3) is 5.92 Å². The second-order valence-corrected chi connectivity index (χ2v) is 7.30. The number of likely N-dealkylation sites (tertiary alicyclic amines) is 1. The second-order valence-electron chi connectivity index (χ2n) is 7.30. The highest BCUT2D eigenvalue weighted by Gasteiger charge is 2.47. The molecular weight excluding hydrogens is 314 g/mol. The number of nitrogens with one attached hydrogen (secondary N) is 1. The number of carbonyl (C=O) groups is 1. The van der Waals surface area contributed by atoms with Crippen molar-refractivity contribution in [1.82, 2.24) is 10.2 Å². The van der Waals surface area contributed by atoms with E-state index in [0.29, 0.717) is 0 Å². The Hall–Kier alpha value is -1.69. The summed E-state index contributed by atoms with van der Waals surface area (Å²) in [7, 11) is 0. The number of piperidine rings is 1. The number of nitrogens with zero attached hydrogens (tertiary/aromatic N) is 1. The van der Waals surface area contributed by atoms with Crippen LogP contribution in [0, 0.1) is 0 Å². The average Bonchev–Trinajstić information content (AvgIpc) is 2.48. The van der Waals surface area contributed by atoms with Gasteiger partial charge in [0.2, 0.25) is 0 Å². The van der Waals surface area contributed by atoms with Gasteiger partial charge in [-0.05, 0) is 39.7 Å². The van der Waals surface area contributed by atoms with Crippen LogP contribution in [0.15, 0.2) is 30.3 Å². The summed E-state index contributed by atoms with van der Waals surface area (Å²) in [5.41, 5.74) is 0.270. The Morgan fingerprint density at radius 3 is 2.50 bits per heavy atom. The smallest absolute Gasteiger partial charge is 0.410 e. The molecule has 6 heteroatoms. The predicted octanol–water partition coefficient (Wildman–Crippen LogP) is 3.98. The average molecular weight is 340 g/mol. The molecule has 2 rings (SSSR count). The minimum absolute atomic E-state index is 0.184. The third kappa shape index (κ3) is 4.90. The Kier molecular flexibility index (Phi) is 5.48. The summed E-state index contributed by atoms with van der Waals surface area (Å²) in [6, 6.07) is 8.33. The van der Waals surface area contributed by atoms with E-state index in [1.165, 1.54) is 0 Å². The first-order valence-electron chi connectivity index (χ1n) is 8.25. The van der Waals surface area contributed by atoms with Gasteiger partial charge in [-0.25, -0.2) is 13.6 Å². The maximum Gasteiger partial charge on any atom is 0.410 e. The lowest BCUT2D eigenvalue weighted by molar-refractivity contribution is -0.0934. The van der Waals surface area contributed by atoms with Crippen LogP contribution in [0.3, 0.4) is 0 Å². The number of hydrogen-bond donors (Lipinski definition) is 1. The van der Waals surface area contributed by atoms with E-state index >= 15 is 0 Å². The highest BCUT2D eigenvalue weighted by Crippen LogP contribution is 2.30. The summed E-state index contributed by atoms with van der Waals surface area (Å²) in [6.45, 7) is 6.66. The van der Waals surface area contributed by atoms with E-state index in [0.717, 1.165) is 10.5 Å². The van der Waals surface area contributed by atoms with Crippen LogP contribution in [0.25, 0.3) is 0 Å². The minimum Gasteiger partial charge on any atom is -0.444 e. The first-order valence-corrected chi connectivity index (χ1v) is 8.25. The second kappa shape index (κ2) is 7.05. The number of benzene rings is 1. The zero-order valence-corrected chi connectivity index (χ0v) is 14.7. The Morgan fingerprint density at radius 1 is 1.33 bits per heavy atom. The minimum atomic E-state index is -3.00. The van der Waals surface area contributed by atoms with Crippen molar-refractivity contribution in [1.29, 1.82) is 0 Å². The SMILES string of the molecule is C[C@@H](N[C@@H]1CCN(C(=O)OC(C)(C)C)CC1(F)F)c1ccccc1. The van der Waals surface area contributed by atoms with Gasteiger partial charge in [-0.3, -0.25) is 0 Å². The summed E-state index contributed by atoms with van der Waals surface area (Å²) in [6.07, 6.45) is -0.500. The molecule has 0 unspecified atom stereocenters. The largest absolute Gasteiger partial charge is 0.444 e. The first kappa shape index (κ1) is 18.6. The van der Waals surface area contributed by atoms with Gasteiger partial charge in [0, 0.05) is 12.6 Å². The Bertz CT molecular complexity index is 558. The van der Waals surface area contributed by atoms with Gasteiger partial charge in [-0.15, -0.1) is 0 Å². The zero-order valence-electron chi connectivity index (χ0n) is 14.7. The highest BCUT2D eigenvalue weighted by atomic mass is 19.3. The number of alkyl halides is 2. The zero-order chi connectivity index (χ0) is 18.0. The fourth-order valence-corrected chi connectivity index (χ4v) is 2.77. The Balaban J connectivity index is 1.97. The topological polar surface area (TPSA) is 41.6 Å². The highest BCUT2D eigenvalue weighted by molar-refractivity contribution is 5.68. The molecule has 0 aliphatic carbocycles. The molecular formula is C18H26F2N2O2. The van der Waals surface area contributed by atoms with Gasteiger partial charge in [0.1, 0.15) is 5.60 Å². The third-order valence-corrected chi connectivity index (χ3v) is 4.00. The summed E-state index contributed by atoms with van der Waals surface area (Å²) in [4.78, 5) is 13.1. The predicted molar refractivity (Wildman–Crippen MR) is 89.2 cm³/mol. The van der Waals surface area contributed by atoms with Crippen molar-refractivity contribution in [2.75, 3.05) is 13.1 Å². The molecule has 1 N–H and O–H groups in total. The molecule has 134 valence electrons. The van der Waals surface area contributed by atoms with E-state index < -0.39 is 30.2 Å². The van der Waals surface area contributed by atoms with Gasteiger partial charge in [0.05, 0.1) is 12.6 Å². The van der Waals surface area contributed by atoms with Crippen LogP contribution in [-0.4, -0.2) is 41.6 Å². The molecule has 0 aromatic heterocycles. The van der Waals surface area contributed by atoms with Crippen LogP contribution >= 0.6 is 0 Å². The van der Waals surface area contributed by atoms with Crippen molar-refractivity contribution >= 4 is 6.09 Å². The molecule has 0 bridgehead atoms. The number of carbonyl (C=O) groups excluding carboxylic acids is 1. The van der Waals surface area contributed by atoms with Crippen LogP contribution < -0.4 is 5.32 Å². The molecule has 0 radical (unpaired) electrons. The van der Waals surface area contributed by atoms with Gasteiger partial charge in [-0.2, -0.15) is 0 Å². The molecule has 4 nitrogen and oxygen atoms in total. The van der Waals surface area contributed by atoms with Crippen LogP contribution in [0.1, 0.15) is 45.7 Å². The quantitative estimate of drug-likeness (QED) is 0.905.